The van der Waals surface area contributed by atoms with Gasteiger partial charge in [-0.2, -0.15) is 0 Å². The minimum atomic E-state index is 0.902. The van der Waals surface area contributed by atoms with Crippen molar-refractivity contribution < 1.29 is 0 Å². The van der Waals surface area contributed by atoms with Crippen LogP contribution in [0.5, 0.6) is 0 Å². The van der Waals surface area contributed by atoms with Crippen LogP contribution in [0.2, 0.25) is 0 Å². The van der Waals surface area contributed by atoms with E-state index in [1.54, 1.807) is 11.3 Å². The van der Waals surface area contributed by atoms with Gasteiger partial charge in [-0.15, -0.1) is 11.3 Å². The number of hydrogen-bond acceptors (Lipinski definition) is 3. The van der Waals surface area contributed by atoms with E-state index < -0.39 is 0 Å². The summed E-state index contributed by atoms with van der Waals surface area (Å²) in [4.78, 5) is 3.46. The van der Waals surface area contributed by atoms with Crippen LogP contribution < -0.4 is 10.2 Å². The van der Waals surface area contributed by atoms with Crippen molar-refractivity contribution in [1.29, 1.82) is 0 Å². The zero-order chi connectivity index (χ0) is 11.4. The van der Waals surface area contributed by atoms with E-state index in [9.17, 15) is 0 Å². The van der Waals surface area contributed by atoms with Crippen LogP contribution in [0.4, 0.5) is 11.4 Å². The van der Waals surface area contributed by atoms with Crippen molar-refractivity contribution in [2.45, 2.75) is 6.54 Å². The van der Waals surface area contributed by atoms with Gasteiger partial charge in [0, 0.05) is 36.9 Å². The molecule has 0 aliphatic rings. The zero-order valence-corrected chi connectivity index (χ0v) is 10.4. The molecule has 0 radical (unpaired) electrons. The molecular formula is C13H16N2S. The van der Waals surface area contributed by atoms with Gasteiger partial charge in [0.15, 0.2) is 0 Å². The number of rotatable bonds is 4. The Morgan fingerprint density at radius 1 is 1.12 bits per heavy atom. The van der Waals surface area contributed by atoms with Crippen LogP contribution in [0, 0.1) is 0 Å². The lowest BCUT2D eigenvalue weighted by atomic mass is 10.2. The fourth-order valence-electron chi connectivity index (χ4n) is 1.48. The van der Waals surface area contributed by atoms with E-state index in [-0.39, 0.29) is 0 Å². The van der Waals surface area contributed by atoms with Crippen LogP contribution in [0.15, 0.2) is 41.8 Å². The molecule has 0 amide bonds. The molecule has 2 rings (SSSR count). The maximum absolute atomic E-state index is 3.41. The van der Waals surface area contributed by atoms with Gasteiger partial charge in [0.1, 0.15) is 0 Å². The van der Waals surface area contributed by atoms with Gasteiger partial charge in [0.25, 0.3) is 0 Å². The van der Waals surface area contributed by atoms with Gasteiger partial charge in [-0.1, -0.05) is 6.07 Å². The third-order valence-corrected chi connectivity index (χ3v) is 3.31. The molecule has 0 unspecified atom stereocenters. The molecule has 84 valence electrons. The van der Waals surface area contributed by atoms with E-state index in [4.69, 9.17) is 0 Å². The summed E-state index contributed by atoms with van der Waals surface area (Å²) in [6, 6.07) is 12.7. The molecule has 3 heteroatoms. The highest BCUT2D eigenvalue weighted by Crippen LogP contribution is 2.17. The molecule has 16 heavy (non-hydrogen) atoms. The number of hydrogen-bond donors (Lipinski definition) is 1. The first-order valence-electron chi connectivity index (χ1n) is 5.29. The van der Waals surface area contributed by atoms with Gasteiger partial charge in [0.2, 0.25) is 0 Å². The molecule has 0 aliphatic carbocycles. The van der Waals surface area contributed by atoms with E-state index in [2.05, 4.69) is 52.0 Å². The Hall–Kier alpha value is -1.48. The van der Waals surface area contributed by atoms with Crippen LogP contribution in [0.3, 0.4) is 0 Å². The summed E-state index contributed by atoms with van der Waals surface area (Å²) >= 11 is 1.78. The Balaban J connectivity index is 1.95. The van der Waals surface area contributed by atoms with Crippen molar-refractivity contribution in [1.82, 2.24) is 0 Å². The third kappa shape index (κ3) is 2.76. The number of nitrogens with one attached hydrogen (secondary N) is 1. The van der Waals surface area contributed by atoms with Crippen LogP contribution in [0.1, 0.15) is 4.88 Å². The van der Waals surface area contributed by atoms with Crippen LogP contribution >= 0.6 is 11.3 Å². The largest absolute Gasteiger partial charge is 0.380 e. The van der Waals surface area contributed by atoms with E-state index >= 15 is 0 Å². The van der Waals surface area contributed by atoms with Crippen molar-refractivity contribution in [2.24, 2.45) is 0 Å². The molecule has 1 heterocycles. The Bertz CT molecular complexity index is 418. The van der Waals surface area contributed by atoms with Gasteiger partial charge in [-0.25, -0.2) is 0 Å². The van der Waals surface area contributed by atoms with Crippen molar-refractivity contribution in [3.05, 3.63) is 46.7 Å². The van der Waals surface area contributed by atoms with Crippen molar-refractivity contribution >= 4 is 22.7 Å². The number of thiophene rings is 1. The van der Waals surface area contributed by atoms with E-state index in [0.717, 1.165) is 6.54 Å². The summed E-state index contributed by atoms with van der Waals surface area (Å²) in [5.41, 5.74) is 2.39. The molecule has 1 aromatic carbocycles. The second kappa shape index (κ2) is 5.03. The zero-order valence-electron chi connectivity index (χ0n) is 9.60. The maximum atomic E-state index is 3.41. The Morgan fingerprint density at radius 3 is 2.44 bits per heavy atom. The molecular weight excluding hydrogens is 216 g/mol. The summed E-state index contributed by atoms with van der Waals surface area (Å²) in [6.45, 7) is 0.902. The minimum Gasteiger partial charge on any atom is -0.380 e. The predicted octanol–water partition coefficient (Wildman–Crippen LogP) is 3.43. The Kier molecular flexibility index (Phi) is 3.47. The topological polar surface area (TPSA) is 15.3 Å². The number of anilines is 2. The molecule has 0 spiro atoms. The molecule has 0 fully saturated rings. The van der Waals surface area contributed by atoms with E-state index in [1.165, 1.54) is 16.3 Å². The highest BCUT2D eigenvalue weighted by molar-refractivity contribution is 7.09. The van der Waals surface area contributed by atoms with Crippen LogP contribution in [-0.4, -0.2) is 14.1 Å². The Labute approximate surface area is 101 Å². The monoisotopic (exact) mass is 232 g/mol. The molecule has 2 nitrogen and oxygen atoms in total. The number of benzene rings is 1. The second-order valence-electron chi connectivity index (χ2n) is 3.87. The average Bonchev–Trinajstić information content (AvgIpc) is 2.80. The fourth-order valence-corrected chi connectivity index (χ4v) is 2.12. The van der Waals surface area contributed by atoms with Gasteiger partial charge in [-0.05, 0) is 35.7 Å². The standard InChI is InChI=1S/C13H16N2S/c1-15(2)12-7-5-11(6-8-12)14-10-13-4-3-9-16-13/h3-9,14H,10H2,1-2H3. The predicted molar refractivity (Wildman–Crippen MR) is 72.4 cm³/mol. The smallest absolute Gasteiger partial charge is 0.0494 e. The first-order chi connectivity index (χ1) is 7.75. The normalized spacial score (nSPS) is 10.1. The molecule has 0 saturated heterocycles. The Morgan fingerprint density at radius 2 is 1.88 bits per heavy atom. The van der Waals surface area contributed by atoms with Gasteiger partial charge >= 0.3 is 0 Å². The lowest BCUT2D eigenvalue weighted by Crippen LogP contribution is -2.08. The highest BCUT2D eigenvalue weighted by atomic mass is 32.1. The molecule has 1 aromatic heterocycles. The fraction of sp³-hybridized carbons (Fsp3) is 0.231. The maximum Gasteiger partial charge on any atom is 0.0494 e. The van der Waals surface area contributed by atoms with E-state index in [0.29, 0.717) is 0 Å². The van der Waals surface area contributed by atoms with Crippen LogP contribution in [-0.2, 0) is 6.54 Å². The molecule has 1 N–H and O–H groups in total. The summed E-state index contributed by atoms with van der Waals surface area (Å²) in [5.74, 6) is 0. The lowest BCUT2D eigenvalue weighted by Gasteiger charge is -2.13. The molecule has 0 bridgehead atoms. The van der Waals surface area contributed by atoms with Crippen molar-refractivity contribution in [3.8, 4) is 0 Å². The highest BCUT2D eigenvalue weighted by Gasteiger charge is 1.96. The third-order valence-electron chi connectivity index (χ3n) is 2.43. The molecule has 0 aliphatic heterocycles. The summed E-state index contributed by atoms with van der Waals surface area (Å²) in [5, 5.41) is 5.51. The molecule has 2 aromatic rings. The number of nitrogens with zero attached hydrogens (tertiary/aromatic N) is 1. The molecule has 0 saturated carbocycles. The second-order valence-corrected chi connectivity index (χ2v) is 4.91. The first kappa shape index (κ1) is 11.0. The van der Waals surface area contributed by atoms with Crippen LogP contribution in [0.25, 0.3) is 0 Å². The van der Waals surface area contributed by atoms with Crippen molar-refractivity contribution in [3.63, 3.8) is 0 Å². The van der Waals surface area contributed by atoms with Gasteiger partial charge in [-0.3, -0.25) is 0 Å². The quantitative estimate of drug-likeness (QED) is 0.869. The van der Waals surface area contributed by atoms with Gasteiger partial charge < -0.3 is 10.2 Å². The molecule has 0 atom stereocenters. The average molecular weight is 232 g/mol. The van der Waals surface area contributed by atoms with Crippen molar-refractivity contribution in [2.75, 3.05) is 24.3 Å². The minimum absolute atomic E-state index is 0.902. The van der Waals surface area contributed by atoms with Gasteiger partial charge in [0.05, 0.1) is 0 Å². The SMILES string of the molecule is CN(C)c1ccc(NCc2cccs2)cc1. The summed E-state index contributed by atoms with van der Waals surface area (Å²) in [7, 11) is 4.10. The summed E-state index contributed by atoms with van der Waals surface area (Å²) in [6.07, 6.45) is 0. The lowest BCUT2D eigenvalue weighted by molar-refractivity contribution is 1.13. The first-order valence-corrected chi connectivity index (χ1v) is 6.17. The summed E-state index contributed by atoms with van der Waals surface area (Å²) < 4.78 is 0. The van der Waals surface area contributed by atoms with E-state index in [1.807, 2.05) is 14.1 Å².